The third-order valence-electron chi connectivity index (χ3n) is 4.47. The Morgan fingerprint density at radius 1 is 1.21 bits per heavy atom. The molecule has 1 atom stereocenters. The lowest BCUT2D eigenvalue weighted by molar-refractivity contribution is -0.198. The number of halogens is 3. The average Bonchev–Trinajstić information content (AvgIpc) is 3.20. The molecule has 3 rings (SSSR count). The summed E-state index contributed by atoms with van der Waals surface area (Å²) in [5.74, 6) is -2.10. The van der Waals surface area contributed by atoms with Gasteiger partial charge in [-0.2, -0.15) is 18.3 Å². The van der Waals surface area contributed by atoms with Crippen LogP contribution in [0.3, 0.4) is 0 Å². The van der Waals surface area contributed by atoms with Crippen molar-refractivity contribution < 1.29 is 27.6 Å². The van der Waals surface area contributed by atoms with E-state index in [1.807, 2.05) is 13.8 Å². The smallest absolute Gasteiger partial charge is 0.312 e. The van der Waals surface area contributed by atoms with Gasteiger partial charge in [-0.3, -0.25) is 14.5 Å². The molecule has 11 heteroatoms. The van der Waals surface area contributed by atoms with Gasteiger partial charge in [0, 0.05) is 12.1 Å². The molecule has 0 bridgehead atoms. The highest BCUT2D eigenvalue weighted by Crippen LogP contribution is 2.43. The molecule has 1 saturated heterocycles. The molecular formula is C18H18F3N5O3. The fourth-order valence-electron chi connectivity index (χ4n) is 3.11. The molecule has 0 aliphatic carbocycles. The number of nitrogens with one attached hydrogen (secondary N) is 2. The van der Waals surface area contributed by atoms with E-state index in [1.165, 1.54) is 35.1 Å². The number of anilines is 1. The van der Waals surface area contributed by atoms with Crippen molar-refractivity contribution in [2.24, 2.45) is 0 Å². The van der Waals surface area contributed by atoms with Crippen molar-refractivity contribution in [1.29, 1.82) is 0 Å². The quantitative estimate of drug-likeness (QED) is 0.742. The molecule has 1 aliphatic rings. The lowest BCUT2D eigenvalue weighted by Crippen LogP contribution is -2.56. The molecule has 1 aromatic heterocycles. The van der Waals surface area contributed by atoms with Crippen LogP contribution in [0, 0.1) is 0 Å². The van der Waals surface area contributed by atoms with Gasteiger partial charge in [-0.25, -0.2) is 9.48 Å². The van der Waals surface area contributed by atoms with E-state index in [0.29, 0.717) is 5.82 Å². The number of nitrogens with zero attached hydrogens (tertiary/aromatic N) is 3. The fourth-order valence-corrected chi connectivity index (χ4v) is 3.11. The second-order valence-corrected chi connectivity index (χ2v) is 6.74. The number of hydrogen-bond acceptors (Lipinski definition) is 4. The first-order valence-corrected chi connectivity index (χ1v) is 8.67. The first kappa shape index (κ1) is 20.4. The van der Waals surface area contributed by atoms with Gasteiger partial charge in [-0.05, 0) is 19.4 Å². The Bertz CT molecular complexity index is 942. The van der Waals surface area contributed by atoms with E-state index in [-0.39, 0.29) is 10.9 Å². The molecule has 1 fully saturated rings. The van der Waals surface area contributed by atoms with Gasteiger partial charge in [0.05, 0.1) is 6.20 Å². The third-order valence-corrected chi connectivity index (χ3v) is 4.47. The summed E-state index contributed by atoms with van der Waals surface area (Å²) in [6.45, 7) is 2.76. The zero-order chi connectivity index (χ0) is 21.4. The summed E-state index contributed by atoms with van der Waals surface area (Å²) in [5, 5.41) is 8.20. The minimum atomic E-state index is -5.11. The number of hydrogen-bond donors (Lipinski definition) is 2. The summed E-state index contributed by atoms with van der Waals surface area (Å²) < 4.78 is 43.2. The van der Waals surface area contributed by atoms with Crippen LogP contribution in [0.15, 0.2) is 42.6 Å². The van der Waals surface area contributed by atoms with Crippen molar-refractivity contribution in [3.05, 3.63) is 48.2 Å². The van der Waals surface area contributed by atoms with Gasteiger partial charge in [-0.1, -0.05) is 30.3 Å². The van der Waals surface area contributed by atoms with E-state index in [0.717, 1.165) is 12.1 Å². The molecule has 0 spiro atoms. The first-order chi connectivity index (χ1) is 13.6. The third kappa shape index (κ3) is 3.43. The largest absolute Gasteiger partial charge is 0.425 e. The van der Waals surface area contributed by atoms with Gasteiger partial charge in [0.25, 0.3) is 5.91 Å². The Hall–Kier alpha value is -3.37. The lowest BCUT2D eigenvalue weighted by atomic mass is 9.89. The van der Waals surface area contributed by atoms with Crippen LogP contribution in [0.25, 0.3) is 0 Å². The number of urea groups is 1. The first-order valence-electron chi connectivity index (χ1n) is 8.67. The van der Waals surface area contributed by atoms with E-state index >= 15 is 0 Å². The van der Waals surface area contributed by atoms with Crippen LogP contribution in [0.5, 0.6) is 0 Å². The summed E-state index contributed by atoms with van der Waals surface area (Å²) in [7, 11) is 0. The number of aromatic nitrogens is 2. The van der Waals surface area contributed by atoms with Gasteiger partial charge < -0.3 is 10.6 Å². The van der Waals surface area contributed by atoms with E-state index in [1.54, 1.807) is 5.32 Å². The molecule has 154 valence electrons. The standard InChI is InChI=1S/C18H18F3N5O3/c1-11(2)26-13(8-9-22-26)23-14(27)10-25-15(28)17(18(19,20)21,24-16(25)29)12-6-4-3-5-7-12/h3-9,11H,10H2,1-2H3,(H,23,27)(H,24,29). The van der Waals surface area contributed by atoms with Crippen molar-refractivity contribution in [3.63, 3.8) is 0 Å². The predicted molar refractivity (Wildman–Crippen MR) is 95.7 cm³/mol. The van der Waals surface area contributed by atoms with E-state index < -0.39 is 41.7 Å². The van der Waals surface area contributed by atoms with Gasteiger partial charge in [0.2, 0.25) is 11.4 Å². The molecule has 0 radical (unpaired) electrons. The lowest BCUT2D eigenvalue weighted by Gasteiger charge is -2.29. The molecule has 2 aromatic rings. The number of imide groups is 1. The van der Waals surface area contributed by atoms with E-state index in [2.05, 4.69) is 10.4 Å². The number of amides is 4. The van der Waals surface area contributed by atoms with Crippen LogP contribution >= 0.6 is 0 Å². The highest BCUT2D eigenvalue weighted by molar-refractivity contribution is 6.10. The Morgan fingerprint density at radius 3 is 2.45 bits per heavy atom. The number of carbonyl (C=O) groups is 3. The average molecular weight is 409 g/mol. The normalized spacial score (nSPS) is 19.6. The highest BCUT2D eigenvalue weighted by atomic mass is 19.4. The second-order valence-electron chi connectivity index (χ2n) is 6.74. The van der Waals surface area contributed by atoms with Gasteiger partial charge in [-0.15, -0.1) is 0 Å². The zero-order valence-corrected chi connectivity index (χ0v) is 15.5. The Balaban J connectivity index is 1.86. The molecule has 4 amide bonds. The second kappa shape index (κ2) is 7.22. The van der Waals surface area contributed by atoms with Crippen molar-refractivity contribution in [2.75, 3.05) is 11.9 Å². The van der Waals surface area contributed by atoms with Crippen LogP contribution < -0.4 is 10.6 Å². The maximum atomic E-state index is 13.9. The number of rotatable bonds is 5. The minimum absolute atomic E-state index is 0.0898. The van der Waals surface area contributed by atoms with Crippen LogP contribution in [0.4, 0.5) is 23.8 Å². The van der Waals surface area contributed by atoms with Crippen molar-refractivity contribution in [3.8, 4) is 0 Å². The SMILES string of the molecule is CC(C)n1nccc1NC(=O)CN1C(=O)NC(c2ccccc2)(C(F)(F)F)C1=O. The molecular weight excluding hydrogens is 391 g/mol. The van der Waals surface area contributed by atoms with Crippen molar-refractivity contribution >= 4 is 23.7 Å². The van der Waals surface area contributed by atoms with Crippen LogP contribution in [-0.2, 0) is 15.1 Å². The molecule has 1 aromatic carbocycles. The molecule has 2 N–H and O–H groups in total. The fraction of sp³-hybridized carbons (Fsp3) is 0.333. The number of benzene rings is 1. The number of alkyl halides is 3. The molecule has 0 saturated carbocycles. The molecule has 1 aliphatic heterocycles. The monoisotopic (exact) mass is 409 g/mol. The molecule has 1 unspecified atom stereocenters. The van der Waals surface area contributed by atoms with Crippen LogP contribution in [0.1, 0.15) is 25.5 Å². The topological polar surface area (TPSA) is 96.3 Å². The van der Waals surface area contributed by atoms with Crippen molar-refractivity contribution in [2.45, 2.75) is 31.6 Å². The van der Waals surface area contributed by atoms with Crippen molar-refractivity contribution in [1.82, 2.24) is 20.0 Å². The Morgan fingerprint density at radius 2 is 1.86 bits per heavy atom. The molecule has 8 nitrogen and oxygen atoms in total. The van der Waals surface area contributed by atoms with Gasteiger partial charge in [0.15, 0.2) is 0 Å². The summed E-state index contributed by atoms with van der Waals surface area (Å²) in [6.07, 6.45) is -3.67. The van der Waals surface area contributed by atoms with Crippen LogP contribution in [0.2, 0.25) is 0 Å². The maximum Gasteiger partial charge on any atom is 0.425 e. The van der Waals surface area contributed by atoms with E-state index in [4.69, 9.17) is 0 Å². The number of carbonyl (C=O) groups excluding carboxylic acids is 3. The highest BCUT2D eigenvalue weighted by Gasteiger charge is 2.68. The van der Waals surface area contributed by atoms with Crippen LogP contribution in [-0.4, -0.2) is 45.2 Å². The Labute approximate surface area is 163 Å². The summed E-state index contributed by atoms with van der Waals surface area (Å²) in [4.78, 5) is 37.5. The zero-order valence-electron chi connectivity index (χ0n) is 15.5. The summed E-state index contributed by atoms with van der Waals surface area (Å²) >= 11 is 0. The summed E-state index contributed by atoms with van der Waals surface area (Å²) in [5.41, 5.74) is -3.68. The molecule has 2 heterocycles. The van der Waals surface area contributed by atoms with Gasteiger partial charge in [0.1, 0.15) is 12.4 Å². The summed E-state index contributed by atoms with van der Waals surface area (Å²) in [6, 6.07) is 6.42. The predicted octanol–water partition coefficient (Wildman–Crippen LogP) is 2.41. The maximum absolute atomic E-state index is 13.9. The molecule has 29 heavy (non-hydrogen) atoms. The Kier molecular flexibility index (Phi) is 5.07. The van der Waals surface area contributed by atoms with E-state index in [9.17, 15) is 27.6 Å². The van der Waals surface area contributed by atoms with Gasteiger partial charge >= 0.3 is 12.2 Å². The minimum Gasteiger partial charge on any atom is -0.312 e.